The lowest BCUT2D eigenvalue weighted by Gasteiger charge is -2.27. The minimum absolute atomic E-state index is 0.0931. The van der Waals surface area contributed by atoms with E-state index in [-0.39, 0.29) is 24.1 Å². The number of nitrogens with two attached hydrogens (primary N) is 1. The van der Waals surface area contributed by atoms with E-state index in [1.165, 1.54) is 0 Å². The SMILES string of the molecule is CC[C@H](N)C(=O)N1c2ccc(OC(F)(F)F)cc2C[C@@H]1C(=O)NCC(F)(F)F. The summed E-state index contributed by atoms with van der Waals surface area (Å²) in [6, 6.07) is 0.657. The lowest BCUT2D eigenvalue weighted by Crippen LogP contribution is -2.53. The lowest BCUT2D eigenvalue weighted by atomic mass is 10.1. The maximum atomic E-state index is 12.6. The molecule has 12 heteroatoms. The van der Waals surface area contributed by atoms with Crippen LogP contribution in [0.2, 0.25) is 0 Å². The summed E-state index contributed by atoms with van der Waals surface area (Å²) in [4.78, 5) is 25.7. The molecular formula is C16H17F6N3O3. The van der Waals surface area contributed by atoms with E-state index < -0.39 is 48.7 Å². The van der Waals surface area contributed by atoms with Crippen molar-refractivity contribution in [1.29, 1.82) is 0 Å². The van der Waals surface area contributed by atoms with Gasteiger partial charge in [0.25, 0.3) is 0 Å². The molecule has 0 bridgehead atoms. The molecule has 28 heavy (non-hydrogen) atoms. The first-order valence-corrected chi connectivity index (χ1v) is 8.14. The van der Waals surface area contributed by atoms with Gasteiger partial charge in [-0.3, -0.25) is 14.5 Å². The van der Waals surface area contributed by atoms with E-state index in [9.17, 15) is 35.9 Å². The number of hydrogen-bond donors (Lipinski definition) is 2. The number of hydrogen-bond acceptors (Lipinski definition) is 4. The van der Waals surface area contributed by atoms with Crippen LogP contribution in [0.3, 0.4) is 0 Å². The molecule has 1 heterocycles. The lowest BCUT2D eigenvalue weighted by molar-refractivity contribution is -0.274. The summed E-state index contributed by atoms with van der Waals surface area (Å²) >= 11 is 0. The third kappa shape index (κ3) is 5.27. The second-order valence-electron chi connectivity index (χ2n) is 6.11. The molecule has 1 aromatic carbocycles. The van der Waals surface area contributed by atoms with Gasteiger partial charge in [-0.15, -0.1) is 13.2 Å². The van der Waals surface area contributed by atoms with Crippen molar-refractivity contribution in [2.24, 2.45) is 5.73 Å². The number of halogens is 6. The molecule has 2 atom stereocenters. The number of carbonyl (C=O) groups excluding carboxylic acids is 2. The number of fused-ring (bicyclic) bond motifs is 1. The zero-order valence-corrected chi connectivity index (χ0v) is 14.5. The van der Waals surface area contributed by atoms with Crippen molar-refractivity contribution in [3.8, 4) is 5.75 Å². The Labute approximate surface area is 155 Å². The number of anilines is 1. The number of ether oxygens (including phenoxy) is 1. The second-order valence-corrected chi connectivity index (χ2v) is 6.11. The molecule has 0 fully saturated rings. The first-order chi connectivity index (χ1) is 12.8. The van der Waals surface area contributed by atoms with E-state index in [0.29, 0.717) is 0 Å². The summed E-state index contributed by atoms with van der Waals surface area (Å²) in [6.07, 6.45) is -9.70. The van der Waals surface area contributed by atoms with Crippen LogP contribution in [-0.4, -0.2) is 43.0 Å². The van der Waals surface area contributed by atoms with Gasteiger partial charge in [-0.05, 0) is 30.2 Å². The van der Waals surface area contributed by atoms with E-state index in [1.807, 2.05) is 0 Å². The molecule has 0 aromatic heterocycles. The van der Waals surface area contributed by atoms with E-state index in [4.69, 9.17) is 5.73 Å². The van der Waals surface area contributed by atoms with E-state index in [1.54, 1.807) is 12.2 Å². The Hall–Kier alpha value is -2.50. The van der Waals surface area contributed by atoms with Crippen molar-refractivity contribution in [3.63, 3.8) is 0 Å². The number of alkyl halides is 6. The van der Waals surface area contributed by atoms with Crippen molar-refractivity contribution in [3.05, 3.63) is 23.8 Å². The van der Waals surface area contributed by atoms with Gasteiger partial charge in [0.1, 0.15) is 18.3 Å². The molecule has 1 aliphatic rings. The molecule has 2 rings (SSSR count). The highest BCUT2D eigenvalue weighted by molar-refractivity contribution is 6.05. The number of carbonyl (C=O) groups is 2. The summed E-state index contributed by atoms with van der Waals surface area (Å²) in [6.45, 7) is -0.0124. The Morgan fingerprint density at radius 2 is 1.93 bits per heavy atom. The largest absolute Gasteiger partial charge is 0.573 e. The van der Waals surface area contributed by atoms with Crippen molar-refractivity contribution in [1.82, 2.24) is 5.32 Å². The average Bonchev–Trinajstić information content (AvgIpc) is 2.94. The monoisotopic (exact) mass is 413 g/mol. The molecule has 0 aliphatic carbocycles. The van der Waals surface area contributed by atoms with Gasteiger partial charge in [0.05, 0.1) is 6.04 Å². The Balaban J connectivity index is 2.33. The fraction of sp³-hybridized carbons (Fsp3) is 0.500. The molecule has 0 radical (unpaired) electrons. The van der Waals surface area contributed by atoms with Crippen LogP contribution in [0.15, 0.2) is 18.2 Å². The van der Waals surface area contributed by atoms with Crippen LogP contribution in [0.5, 0.6) is 5.75 Å². The Morgan fingerprint density at radius 3 is 2.46 bits per heavy atom. The van der Waals surface area contributed by atoms with Crippen molar-refractivity contribution in [2.45, 2.75) is 44.4 Å². The summed E-state index contributed by atoms with van der Waals surface area (Å²) in [5, 5.41) is 1.68. The molecule has 0 saturated carbocycles. The Morgan fingerprint density at radius 1 is 1.29 bits per heavy atom. The second kappa shape index (κ2) is 7.86. The zero-order chi connectivity index (χ0) is 21.3. The van der Waals surface area contributed by atoms with Crippen LogP contribution >= 0.6 is 0 Å². The summed E-state index contributed by atoms with van der Waals surface area (Å²) in [5.74, 6) is -2.39. The van der Waals surface area contributed by atoms with Gasteiger partial charge in [-0.25, -0.2) is 0 Å². The van der Waals surface area contributed by atoms with Crippen molar-refractivity contribution < 1.29 is 40.7 Å². The van der Waals surface area contributed by atoms with Crippen molar-refractivity contribution >= 4 is 17.5 Å². The topological polar surface area (TPSA) is 84.7 Å². The van der Waals surface area contributed by atoms with Crippen LogP contribution in [0.1, 0.15) is 18.9 Å². The highest BCUT2D eigenvalue weighted by Gasteiger charge is 2.41. The summed E-state index contributed by atoms with van der Waals surface area (Å²) < 4.78 is 78.1. The number of rotatable bonds is 5. The van der Waals surface area contributed by atoms with Gasteiger partial charge in [0, 0.05) is 12.1 Å². The maximum Gasteiger partial charge on any atom is 0.573 e. The fourth-order valence-corrected chi connectivity index (χ4v) is 2.77. The van der Waals surface area contributed by atoms with Gasteiger partial charge in [-0.1, -0.05) is 6.92 Å². The normalized spacial score (nSPS) is 17.9. The van der Waals surface area contributed by atoms with Crippen LogP contribution in [0.25, 0.3) is 0 Å². The highest BCUT2D eigenvalue weighted by Crippen LogP contribution is 2.37. The zero-order valence-electron chi connectivity index (χ0n) is 14.5. The standard InChI is InChI=1S/C16H17F6N3O3/c1-2-10(23)14(27)25-11-4-3-9(28-16(20,21)22)5-8(11)6-12(25)13(26)24-7-15(17,18)19/h3-5,10,12H,2,6-7,23H2,1H3,(H,24,26)/t10-,12+/m0/s1. The molecule has 6 nitrogen and oxygen atoms in total. The predicted molar refractivity (Wildman–Crippen MR) is 85.4 cm³/mol. The molecular weight excluding hydrogens is 396 g/mol. The molecule has 1 aliphatic heterocycles. The van der Waals surface area contributed by atoms with Crippen molar-refractivity contribution in [2.75, 3.05) is 11.4 Å². The molecule has 2 amide bonds. The van der Waals surface area contributed by atoms with E-state index in [2.05, 4.69) is 4.74 Å². The number of nitrogens with one attached hydrogen (secondary N) is 1. The van der Waals surface area contributed by atoms with Crippen LogP contribution in [0.4, 0.5) is 32.0 Å². The van der Waals surface area contributed by atoms with Gasteiger partial charge in [0.2, 0.25) is 11.8 Å². The number of amides is 2. The quantitative estimate of drug-likeness (QED) is 0.726. The number of nitrogens with zero attached hydrogens (tertiary/aromatic N) is 1. The maximum absolute atomic E-state index is 12.6. The predicted octanol–water partition coefficient (Wildman–Crippen LogP) is 2.26. The molecule has 156 valence electrons. The van der Waals surface area contributed by atoms with Gasteiger partial charge in [0.15, 0.2) is 0 Å². The van der Waals surface area contributed by atoms with Gasteiger partial charge >= 0.3 is 12.5 Å². The fourth-order valence-electron chi connectivity index (χ4n) is 2.77. The summed E-state index contributed by atoms with van der Waals surface area (Å²) in [5.41, 5.74) is 5.93. The number of benzene rings is 1. The molecule has 3 N–H and O–H groups in total. The van der Waals surface area contributed by atoms with Gasteiger partial charge < -0.3 is 15.8 Å². The Bertz CT molecular complexity index is 750. The average molecular weight is 413 g/mol. The smallest absolute Gasteiger partial charge is 0.406 e. The van der Waals surface area contributed by atoms with Gasteiger partial charge in [-0.2, -0.15) is 13.2 Å². The molecule has 1 aromatic rings. The minimum Gasteiger partial charge on any atom is -0.406 e. The molecule has 0 unspecified atom stereocenters. The van der Waals surface area contributed by atoms with Crippen LogP contribution in [0, 0.1) is 0 Å². The molecule has 0 spiro atoms. The third-order valence-corrected chi connectivity index (χ3v) is 4.03. The molecule has 0 saturated heterocycles. The minimum atomic E-state index is -4.95. The Kier molecular flexibility index (Phi) is 6.12. The van der Waals surface area contributed by atoms with E-state index >= 15 is 0 Å². The summed E-state index contributed by atoms with van der Waals surface area (Å²) in [7, 11) is 0. The van der Waals surface area contributed by atoms with Crippen LogP contribution in [-0.2, 0) is 16.0 Å². The van der Waals surface area contributed by atoms with E-state index in [0.717, 1.165) is 23.1 Å². The first-order valence-electron chi connectivity index (χ1n) is 8.14. The van der Waals surface area contributed by atoms with Crippen LogP contribution < -0.4 is 20.7 Å². The third-order valence-electron chi connectivity index (χ3n) is 4.03. The first kappa shape index (κ1) is 21.8. The highest BCUT2D eigenvalue weighted by atomic mass is 19.4.